The summed E-state index contributed by atoms with van der Waals surface area (Å²) in [6.45, 7) is 7.39. The number of halogens is 1. The minimum absolute atomic E-state index is 0. The molecule has 1 aromatic carbocycles. The molecule has 1 unspecified atom stereocenters. The zero-order valence-corrected chi connectivity index (χ0v) is 15.5. The average Bonchev–Trinajstić information content (AvgIpc) is 2.30. The van der Waals surface area contributed by atoms with Crippen LogP contribution in [0.25, 0.3) is 0 Å². The number of hydrogen-bond acceptors (Lipinski definition) is 3. The number of anilines is 1. The Morgan fingerprint density at radius 2 is 1.79 bits per heavy atom. The van der Waals surface area contributed by atoms with E-state index in [-0.39, 0.29) is 44.4 Å². The van der Waals surface area contributed by atoms with Crippen LogP contribution in [0.15, 0.2) is 24.3 Å². The molecule has 1 aromatic rings. The zero-order valence-electron chi connectivity index (χ0n) is 11.3. The summed E-state index contributed by atoms with van der Waals surface area (Å²) >= 11 is 0. The maximum Gasteiger partial charge on any atom is 2.00 e. The molecule has 0 radical (unpaired) electrons. The molecule has 0 saturated carbocycles. The Hall–Kier alpha value is -0.0781. The van der Waals surface area contributed by atoms with Gasteiger partial charge in [0.2, 0.25) is 0 Å². The van der Waals surface area contributed by atoms with E-state index in [9.17, 15) is 9.50 Å². The molecule has 5 heteroatoms. The maximum atomic E-state index is 13.6. The third-order valence-corrected chi connectivity index (χ3v) is 3.03. The number of benzene rings is 1. The molecule has 1 atom stereocenters. The van der Waals surface area contributed by atoms with Gasteiger partial charge in [0.25, 0.3) is 0 Å². The number of aliphatic hydroxyl groups is 1. The molecular formula is C14H21FN2OU. The molecule has 1 heterocycles. The summed E-state index contributed by atoms with van der Waals surface area (Å²) < 4.78 is 13.6. The quantitative estimate of drug-likeness (QED) is 0.653. The van der Waals surface area contributed by atoms with Gasteiger partial charge in [0.1, 0.15) is 5.82 Å². The topological polar surface area (TPSA) is 26.7 Å². The van der Waals surface area contributed by atoms with E-state index in [1.54, 1.807) is 12.1 Å². The van der Waals surface area contributed by atoms with Gasteiger partial charge in [-0.25, -0.2) is 4.39 Å². The minimum atomic E-state index is -0.546. The molecule has 0 amide bonds. The van der Waals surface area contributed by atoms with Crippen LogP contribution in [0.4, 0.5) is 10.1 Å². The van der Waals surface area contributed by atoms with Gasteiger partial charge in [-0.3, -0.25) is 4.90 Å². The molecule has 1 aliphatic rings. The van der Waals surface area contributed by atoms with Crippen LogP contribution in [0, 0.1) is 51.3 Å². The summed E-state index contributed by atoms with van der Waals surface area (Å²) in [5.41, 5.74) is 0.669. The molecular weight excluding hydrogens is 469 g/mol. The fraction of sp³-hybridized carbons (Fsp3) is 0.429. The van der Waals surface area contributed by atoms with Crippen LogP contribution in [0.2, 0.25) is 0 Å². The predicted molar refractivity (Wildman–Crippen MR) is 72.8 cm³/mol. The van der Waals surface area contributed by atoms with Crippen LogP contribution >= 0.6 is 0 Å². The number of hydrogen-bond donors (Lipinski definition) is 1. The first-order chi connectivity index (χ1) is 8.16. The van der Waals surface area contributed by atoms with Crippen molar-refractivity contribution >= 4 is 5.69 Å². The van der Waals surface area contributed by atoms with Crippen molar-refractivity contribution in [2.45, 2.75) is 6.10 Å². The van der Waals surface area contributed by atoms with Crippen molar-refractivity contribution in [3.05, 3.63) is 44.4 Å². The normalized spacial score (nSPS) is 17.3. The minimum Gasteiger partial charge on any atom is -0.424 e. The van der Waals surface area contributed by atoms with Crippen LogP contribution in [0.1, 0.15) is 0 Å². The van der Waals surface area contributed by atoms with Gasteiger partial charge in [0.05, 0.1) is 5.69 Å². The van der Waals surface area contributed by atoms with E-state index in [1.807, 2.05) is 11.0 Å². The number of β-amino-alcohol motifs (C(OH)–C–C–N with tert-alkyl or cyclic N) is 1. The number of para-hydroxylation sites is 1. The first-order valence-corrected chi connectivity index (χ1v) is 5.90. The van der Waals surface area contributed by atoms with Crippen molar-refractivity contribution in [2.24, 2.45) is 0 Å². The SMILES string of the molecule is [CH2-]C(O)CN1CCN(c2ccccc2F)CC1.[CH3-].[U+2]. The van der Waals surface area contributed by atoms with E-state index in [0.29, 0.717) is 12.2 Å². The summed E-state index contributed by atoms with van der Waals surface area (Å²) in [7, 11) is 0. The molecule has 1 saturated heterocycles. The van der Waals surface area contributed by atoms with Crippen molar-refractivity contribution in [3.8, 4) is 0 Å². The number of piperazine rings is 1. The molecule has 0 bridgehead atoms. The van der Waals surface area contributed by atoms with Crippen molar-refractivity contribution in [3.63, 3.8) is 0 Å². The fourth-order valence-electron chi connectivity index (χ4n) is 2.18. The number of rotatable bonds is 3. The van der Waals surface area contributed by atoms with Gasteiger partial charge < -0.3 is 24.4 Å². The molecule has 0 aliphatic carbocycles. The summed E-state index contributed by atoms with van der Waals surface area (Å²) in [6.07, 6.45) is -0.546. The van der Waals surface area contributed by atoms with E-state index >= 15 is 0 Å². The molecule has 1 fully saturated rings. The second kappa shape index (κ2) is 8.97. The summed E-state index contributed by atoms with van der Waals surface area (Å²) in [5.74, 6) is -0.168. The third-order valence-electron chi connectivity index (χ3n) is 3.03. The van der Waals surface area contributed by atoms with Crippen molar-refractivity contribution < 1.29 is 40.6 Å². The van der Waals surface area contributed by atoms with Gasteiger partial charge in [-0.15, -0.1) is 0 Å². The Bertz CT molecular complexity index is 368. The maximum absolute atomic E-state index is 13.6. The molecule has 19 heavy (non-hydrogen) atoms. The van der Waals surface area contributed by atoms with Gasteiger partial charge in [0, 0.05) is 26.2 Å². The van der Waals surface area contributed by atoms with Crippen molar-refractivity contribution in [2.75, 3.05) is 37.6 Å². The molecule has 1 N–H and O–H groups in total. The second-order valence-corrected chi connectivity index (χ2v) is 4.39. The molecule has 0 spiro atoms. The average molecular weight is 490 g/mol. The molecule has 0 aromatic heterocycles. The van der Waals surface area contributed by atoms with E-state index in [4.69, 9.17) is 0 Å². The van der Waals surface area contributed by atoms with Crippen LogP contribution in [-0.2, 0) is 0 Å². The smallest absolute Gasteiger partial charge is 0.424 e. The van der Waals surface area contributed by atoms with Gasteiger partial charge in [-0.2, -0.15) is 0 Å². The molecule has 104 valence electrons. The van der Waals surface area contributed by atoms with Crippen LogP contribution in [0.3, 0.4) is 0 Å². The van der Waals surface area contributed by atoms with Crippen LogP contribution in [0.5, 0.6) is 0 Å². The van der Waals surface area contributed by atoms with E-state index in [0.717, 1.165) is 26.2 Å². The molecule has 3 nitrogen and oxygen atoms in total. The van der Waals surface area contributed by atoms with Crippen LogP contribution in [-0.4, -0.2) is 48.8 Å². The predicted octanol–water partition coefficient (Wildman–Crippen LogP) is 1.59. The summed E-state index contributed by atoms with van der Waals surface area (Å²) in [4.78, 5) is 4.19. The summed E-state index contributed by atoms with van der Waals surface area (Å²) in [5, 5.41) is 9.21. The Kier molecular flexibility index (Phi) is 8.93. The zero-order chi connectivity index (χ0) is 12.3. The Labute approximate surface area is 139 Å². The van der Waals surface area contributed by atoms with Gasteiger partial charge in [-0.05, 0) is 18.7 Å². The van der Waals surface area contributed by atoms with Crippen molar-refractivity contribution in [1.29, 1.82) is 0 Å². The third kappa shape index (κ3) is 5.43. The molecule has 2 rings (SSSR count). The van der Waals surface area contributed by atoms with E-state index in [1.165, 1.54) is 6.07 Å². The fourth-order valence-corrected chi connectivity index (χ4v) is 2.18. The second-order valence-electron chi connectivity index (χ2n) is 4.39. The number of aliphatic hydroxyl groups excluding tert-OH is 1. The summed E-state index contributed by atoms with van der Waals surface area (Å²) in [6, 6.07) is 6.85. The monoisotopic (exact) mass is 490 g/mol. The number of nitrogens with zero attached hydrogens (tertiary/aromatic N) is 2. The Morgan fingerprint density at radius 1 is 1.21 bits per heavy atom. The van der Waals surface area contributed by atoms with E-state index < -0.39 is 6.10 Å². The first kappa shape index (κ1) is 18.9. The van der Waals surface area contributed by atoms with Gasteiger partial charge >= 0.3 is 31.1 Å². The first-order valence-electron chi connectivity index (χ1n) is 5.90. The molecule has 1 aliphatic heterocycles. The Morgan fingerprint density at radius 3 is 2.32 bits per heavy atom. The van der Waals surface area contributed by atoms with Gasteiger partial charge in [-0.1, -0.05) is 18.2 Å². The van der Waals surface area contributed by atoms with E-state index in [2.05, 4.69) is 11.8 Å². The Balaban J connectivity index is 0.00000162. The van der Waals surface area contributed by atoms with Crippen LogP contribution < -0.4 is 4.90 Å². The van der Waals surface area contributed by atoms with Gasteiger partial charge in [0.15, 0.2) is 0 Å². The van der Waals surface area contributed by atoms with Crippen molar-refractivity contribution in [1.82, 2.24) is 4.90 Å². The largest absolute Gasteiger partial charge is 2.00 e. The standard InChI is InChI=1S/C13H18FN2O.CH3.U/c1-11(17)10-15-6-8-16(9-7-15)13-5-3-2-4-12(13)14;;/h2-5,11,17H,1,6-10H2;1H3;/q2*-1;+2.